The highest BCUT2D eigenvalue weighted by Crippen LogP contribution is 2.19. The van der Waals surface area contributed by atoms with Crippen LogP contribution in [0.4, 0.5) is 0 Å². The third-order valence-corrected chi connectivity index (χ3v) is 3.42. The fourth-order valence-corrected chi connectivity index (χ4v) is 2.29. The first-order valence-electron chi connectivity index (χ1n) is 6.67. The summed E-state index contributed by atoms with van der Waals surface area (Å²) < 4.78 is 0. The lowest BCUT2D eigenvalue weighted by molar-refractivity contribution is -0.129. The molecule has 1 heterocycles. The second-order valence-corrected chi connectivity index (χ2v) is 4.89. The summed E-state index contributed by atoms with van der Waals surface area (Å²) in [6.45, 7) is 0.347. The van der Waals surface area contributed by atoms with E-state index in [-0.39, 0.29) is 5.91 Å². The van der Waals surface area contributed by atoms with Crippen LogP contribution in [0.25, 0.3) is 10.8 Å². The number of nitrogens with one attached hydrogen (secondary N) is 1. The number of benzene rings is 2. The summed E-state index contributed by atoms with van der Waals surface area (Å²) in [6.07, 6.45) is 0.357. The number of rotatable bonds is 4. The second-order valence-electron chi connectivity index (χ2n) is 4.89. The molecule has 21 heavy (non-hydrogen) atoms. The van der Waals surface area contributed by atoms with E-state index in [0.717, 1.165) is 16.3 Å². The molecule has 1 amide bonds. The van der Waals surface area contributed by atoms with Crippen molar-refractivity contribution in [1.29, 1.82) is 0 Å². The third kappa shape index (κ3) is 2.89. The van der Waals surface area contributed by atoms with Gasteiger partial charge < -0.3 is 4.90 Å². The van der Waals surface area contributed by atoms with Crippen LogP contribution in [0.1, 0.15) is 11.4 Å². The van der Waals surface area contributed by atoms with Gasteiger partial charge in [-0.2, -0.15) is 5.21 Å². The number of amides is 1. The van der Waals surface area contributed by atoms with Crippen molar-refractivity contribution in [2.45, 2.75) is 13.0 Å². The summed E-state index contributed by atoms with van der Waals surface area (Å²) in [6, 6.07) is 14.1. The van der Waals surface area contributed by atoms with Crippen molar-refractivity contribution in [2.24, 2.45) is 0 Å². The average molecular weight is 281 g/mol. The number of hydrogen-bond donors (Lipinski definition) is 1. The first-order valence-corrected chi connectivity index (χ1v) is 6.67. The molecule has 3 aromatic rings. The van der Waals surface area contributed by atoms with Gasteiger partial charge in [-0.15, -0.1) is 10.2 Å². The fourth-order valence-electron chi connectivity index (χ4n) is 2.29. The van der Waals surface area contributed by atoms with Crippen LogP contribution in [0, 0.1) is 0 Å². The van der Waals surface area contributed by atoms with Crippen molar-refractivity contribution in [3.63, 3.8) is 0 Å². The topological polar surface area (TPSA) is 74.8 Å². The van der Waals surface area contributed by atoms with E-state index in [1.54, 1.807) is 11.9 Å². The number of likely N-dealkylation sites (N-methyl/N-ethyl adjacent to an activating group) is 1. The Hall–Kier alpha value is -2.76. The van der Waals surface area contributed by atoms with Crippen molar-refractivity contribution in [3.8, 4) is 0 Å². The van der Waals surface area contributed by atoms with Crippen molar-refractivity contribution in [2.75, 3.05) is 7.05 Å². The number of fused-ring (bicyclic) bond motifs is 1. The minimum Gasteiger partial charge on any atom is -0.338 e. The number of aromatic amines is 1. The monoisotopic (exact) mass is 281 g/mol. The van der Waals surface area contributed by atoms with Crippen LogP contribution in [-0.4, -0.2) is 38.5 Å². The summed E-state index contributed by atoms with van der Waals surface area (Å²) >= 11 is 0. The van der Waals surface area contributed by atoms with Crippen LogP contribution in [-0.2, 0) is 17.8 Å². The predicted octanol–water partition coefficient (Wildman–Crippen LogP) is 1.55. The number of H-pyrrole nitrogens is 1. The molecule has 6 heteroatoms. The Morgan fingerprint density at radius 1 is 1.19 bits per heavy atom. The van der Waals surface area contributed by atoms with Crippen LogP contribution in [0.15, 0.2) is 42.5 Å². The highest BCUT2D eigenvalue weighted by molar-refractivity contribution is 5.90. The Bertz CT molecular complexity index is 748. The van der Waals surface area contributed by atoms with Gasteiger partial charge in [0.2, 0.25) is 5.91 Å². The fraction of sp³-hybridized carbons (Fsp3) is 0.200. The lowest BCUT2D eigenvalue weighted by atomic mass is 10.0. The maximum absolute atomic E-state index is 12.3. The van der Waals surface area contributed by atoms with E-state index in [0.29, 0.717) is 18.8 Å². The molecule has 0 radical (unpaired) electrons. The van der Waals surface area contributed by atoms with Crippen LogP contribution in [0.5, 0.6) is 0 Å². The third-order valence-electron chi connectivity index (χ3n) is 3.42. The normalized spacial score (nSPS) is 10.7. The molecule has 1 N–H and O–H groups in total. The van der Waals surface area contributed by atoms with Gasteiger partial charge in [0.05, 0.1) is 13.0 Å². The molecular weight excluding hydrogens is 266 g/mol. The van der Waals surface area contributed by atoms with Crippen molar-refractivity contribution in [3.05, 3.63) is 53.9 Å². The molecule has 106 valence electrons. The standard InChI is InChI=1S/C15H15N5O/c1-20(10-14-16-18-19-17-14)15(21)9-12-7-4-6-11-5-2-3-8-13(11)12/h2-8H,9-10H2,1H3,(H,16,17,18,19). The van der Waals surface area contributed by atoms with Crippen LogP contribution < -0.4 is 0 Å². The van der Waals surface area contributed by atoms with E-state index in [1.807, 2.05) is 42.5 Å². The zero-order chi connectivity index (χ0) is 14.7. The number of hydrogen-bond acceptors (Lipinski definition) is 4. The number of carbonyl (C=O) groups excluding carboxylic acids is 1. The lowest BCUT2D eigenvalue weighted by Crippen LogP contribution is -2.28. The summed E-state index contributed by atoms with van der Waals surface area (Å²) in [5, 5.41) is 15.8. The Labute approximate surface area is 121 Å². The van der Waals surface area contributed by atoms with Gasteiger partial charge in [0, 0.05) is 7.05 Å². The zero-order valence-electron chi connectivity index (χ0n) is 11.7. The predicted molar refractivity (Wildman–Crippen MR) is 78.3 cm³/mol. The quantitative estimate of drug-likeness (QED) is 0.787. The highest BCUT2D eigenvalue weighted by Gasteiger charge is 2.13. The molecule has 0 aliphatic rings. The molecule has 0 aliphatic heterocycles. The van der Waals surface area contributed by atoms with E-state index in [4.69, 9.17) is 0 Å². The molecule has 0 saturated heterocycles. The first-order chi connectivity index (χ1) is 10.2. The maximum atomic E-state index is 12.3. The molecular formula is C15H15N5O. The molecule has 1 aromatic heterocycles. The van der Waals surface area contributed by atoms with Gasteiger partial charge in [-0.1, -0.05) is 47.7 Å². The maximum Gasteiger partial charge on any atom is 0.227 e. The van der Waals surface area contributed by atoms with E-state index < -0.39 is 0 Å². The molecule has 0 fully saturated rings. The average Bonchev–Trinajstić information content (AvgIpc) is 3.00. The molecule has 0 saturated carbocycles. The van der Waals surface area contributed by atoms with Gasteiger partial charge in [0.15, 0.2) is 5.82 Å². The number of tetrazole rings is 1. The lowest BCUT2D eigenvalue weighted by Gasteiger charge is -2.15. The Morgan fingerprint density at radius 3 is 2.81 bits per heavy atom. The van der Waals surface area contributed by atoms with Crippen LogP contribution in [0.2, 0.25) is 0 Å². The van der Waals surface area contributed by atoms with Gasteiger partial charge >= 0.3 is 0 Å². The van der Waals surface area contributed by atoms with Gasteiger partial charge in [-0.3, -0.25) is 4.79 Å². The van der Waals surface area contributed by atoms with E-state index >= 15 is 0 Å². The Morgan fingerprint density at radius 2 is 2.00 bits per heavy atom. The molecule has 3 rings (SSSR count). The Balaban J connectivity index is 1.77. The van der Waals surface area contributed by atoms with E-state index in [2.05, 4.69) is 20.6 Å². The SMILES string of the molecule is CN(Cc1nn[nH]n1)C(=O)Cc1cccc2ccccc12. The summed E-state index contributed by atoms with van der Waals surface area (Å²) in [5.74, 6) is 0.528. The molecule has 6 nitrogen and oxygen atoms in total. The molecule has 2 aromatic carbocycles. The molecule has 0 atom stereocenters. The second kappa shape index (κ2) is 5.70. The first kappa shape index (κ1) is 13.2. The number of aromatic nitrogens is 4. The molecule has 0 unspecified atom stereocenters. The van der Waals surface area contributed by atoms with E-state index in [9.17, 15) is 4.79 Å². The zero-order valence-corrected chi connectivity index (χ0v) is 11.7. The van der Waals surface area contributed by atoms with Gasteiger partial charge in [-0.05, 0) is 16.3 Å². The smallest absolute Gasteiger partial charge is 0.227 e. The summed E-state index contributed by atoms with van der Waals surface area (Å²) in [4.78, 5) is 13.9. The summed E-state index contributed by atoms with van der Waals surface area (Å²) in [5.41, 5.74) is 1.03. The Kier molecular flexibility index (Phi) is 3.59. The van der Waals surface area contributed by atoms with Crippen molar-refractivity contribution >= 4 is 16.7 Å². The number of nitrogens with zero attached hydrogens (tertiary/aromatic N) is 4. The van der Waals surface area contributed by atoms with Crippen LogP contribution in [0.3, 0.4) is 0 Å². The van der Waals surface area contributed by atoms with Crippen molar-refractivity contribution in [1.82, 2.24) is 25.5 Å². The van der Waals surface area contributed by atoms with Gasteiger partial charge in [-0.25, -0.2) is 0 Å². The van der Waals surface area contributed by atoms with Gasteiger partial charge in [0.1, 0.15) is 0 Å². The number of carbonyl (C=O) groups is 1. The minimum atomic E-state index is 0.0242. The molecule has 0 bridgehead atoms. The van der Waals surface area contributed by atoms with Crippen molar-refractivity contribution < 1.29 is 4.79 Å². The molecule has 0 aliphatic carbocycles. The van der Waals surface area contributed by atoms with E-state index in [1.165, 1.54) is 0 Å². The summed E-state index contributed by atoms with van der Waals surface area (Å²) in [7, 11) is 1.74. The highest BCUT2D eigenvalue weighted by atomic mass is 16.2. The minimum absolute atomic E-state index is 0.0242. The van der Waals surface area contributed by atoms with Gasteiger partial charge in [0.25, 0.3) is 0 Å². The largest absolute Gasteiger partial charge is 0.338 e. The molecule has 0 spiro atoms. The van der Waals surface area contributed by atoms with Crippen LogP contribution >= 0.6 is 0 Å².